The molecule has 0 aromatic rings. The summed E-state index contributed by atoms with van der Waals surface area (Å²) in [6.45, 7) is 16.3. The number of nitrogens with one attached hydrogen (secondary N) is 1. The number of hydrogen-bond donors (Lipinski definition) is 2. The first-order valence-corrected chi connectivity index (χ1v) is 12.2. The van der Waals surface area contributed by atoms with Crippen molar-refractivity contribution in [3.8, 4) is 0 Å². The molecule has 6 nitrogen and oxygen atoms in total. The first-order valence-electron chi connectivity index (χ1n) is 9.25. The predicted molar refractivity (Wildman–Crippen MR) is 107 cm³/mol. The van der Waals surface area contributed by atoms with Crippen LogP contribution in [-0.2, 0) is 14.0 Å². The van der Waals surface area contributed by atoms with Gasteiger partial charge < -0.3 is 19.6 Å². The van der Waals surface area contributed by atoms with Crippen LogP contribution in [0.1, 0.15) is 67.2 Å². The smallest absolute Gasteiger partial charge is 0.407 e. The van der Waals surface area contributed by atoms with Gasteiger partial charge >= 0.3 is 12.1 Å². The van der Waals surface area contributed by atoms with Crippen molar-refractivity contribution in [3.05, 3.63) is 11.8 Å². The highest BCUT2D eigenvalue weighted by molar-refractivity contribution is 6.74. The Labute approximate surface area is 159 Å². The van der Waals surface area contributed by atoms with Crippen molar-refractivity contribution in [1.29, 1.82) is 0 Å². The van der Waals surface area contributed by atoms with Gasteiger partial charge in [-0.15, -0.1) is 0 Å². The number of carboxylic acid groups (broad SMARTS) is 1. The highest BCUT2D eigenvalue weighted by Crippen LogP contribution is 2.38. The average Bonchev–Trinajstić information content (AvgIpc) is 2.41. The minimum Gasteiger partial charge on any atom is -0.539 e. The van der Waals surface area contributed by atoms with Crippen molar-refractivity contribution < 1.29 is 23.9 Å². The summed E-state index contributed by atoms with van der Waals surface area (Å²) < 4.78 is 11.1. The molecule has 0 saturated heterocycles. The van der Waals surface area contributed by atoms with Crippen molar-refractivity contribution >= 4 is 20.4 Å². The lowest BCUT2D eigenvalue weighted by Gasteiger charge is -2.36. The molecule has 0 aromatic carbocycles. The van der Waals surface area contributed by atoms with Crippen molar-refractivity contribution in [2.24, 2.45) is 0 Å². The first-order chi connectivity index (χ1) is 11.7. The summed E-state index contributed by atoms with van der Waals surface area (Å²) in [6.07, 6.45) is 4.45. The van der Waals surface area contributed by atoms with E-state index in [0.29, 0.717) is 13.0 Å². The number of aliphatic carboxylic acids is 1. The lowest BCUT2D eigenvalue weighted by atomic mass is 10.2. The van der Waals surface area contributed by atoms with Gasteiger partial charge in [0, 0.05) is 6.54 Å². The van der Waals surface area contributed by atoms with Gasteiger partial charge in [0.1, 0.15) is 5.60 Å². The fourth-order valence-electron chi connectivity index (χ4n) is 1.78. The Morgan fingerprint density at radius 3 is 2.08 bits per heavy atom. The third-order valence-corrected chi connectivity index (χ3v) is 8.60. The van der Waals surface area contributed by atoms with Crippen LogP contribution in [0.2, 0.25) is 18.1 Å². The Balaban J connectivity index is 4.24. The lowest BCUT2D eigenvalue weighted by Crippen LogP contribution is -2.41. The molecular formula is C19H37NO5Si. The highest BCUT2D eigenvalue weighted by Gasteiger charge is 2.40. The quantitative estimate of drug-likeness (QED) is 0.250. The second kappa shape index (κ2) is 9.99. The molecule has 0 aliphatic heterocycles. The normalized spacial score (nSPS) is 13.3. The molecule has 152 valence electrons. The number of alkyl carbamates (subject to hydrolysis) is 1. The summed E-state index contributed by atoms with van der Waals surface area (Å²) in [5.41, 5.74) is -0.494. The molecule has 0 fully saturated rings. The monoisotopic (exact) mass is 387 g/mol. The van der Waals surface area contributed by atoms with Crippen LogP contribution in [-0.4, -0.2) is 37.6 Å². The van der Waals surface area contributed by atoms with Gasteiger partial charge in [-0.3, -0.25) is 0 Å². The Bertz CT molecular complexity index is 501. The van der Waals surface area contributed by atoms with Crippen molar-refractivity contribution in [2.45, 2.75) is 91.0 Å². The molecular weight excluding hydrogens is 350 g/mol. The molecule has 26 heavy (non-hydrogen) atoms. The van der Waals surface area contributed by atoms with Crippen LogP contribution in [0, 0.1) is 0 Å². The lowest BCUT2D eigenvalue weighted by molar-refractivity contribution is -0.135. The van der Waals surface area contributed by atoms with Crippen molar-refractivity contribution in [1.82, 2.24) is 5.32 Å². The summed E-state index contributed by atoms with van der Waals surface area (Å²) in [6, 6.07) is 0. The molecule has 0 spiro atoms. The number of carboxylic acids is 1. The van der Waals surface area contributed by atoms with Crippen LogP contribution < -0.4 is 5.32 Å². The minimum atomic E-state index is -2.15. The summed E-state index contributed by atoms with van der Waals surface area (Å²) in [5.74, 6) is -0.954. The molecule has 1 amide bonds. The molecule has 0 aliphatic rings. The van der Waals surface area contributed by atoms with E-state index in [1.54, 1.807) is 6.08 Å². The van der Waals surface area contributed by atoms with Crippen LogP contribution in [0.15, 0.2) is 11.8 Å². The van der Waals surface area contributed by atoms with E-state index in [9.17, 15) is 14.7 Å². The van der Waals surface area contributed by atoms with Crippen LogP contribution in [0.4, 0.5) is 4.79 Å². The molecule has 2 N–H and O–H groups in total. The zero-order valence-electron chi connectivity index (χ0n) is 17.7. The Kier molecular flexibility index (Phi) is 9.42. The van der Waals surface area contributed by atoms with Crippen molar-refractivity contribution in [2.75, 3.05) is 6.54 Å². The second-order valence-corrected chi connectivity index (χ2v) is 13.7. The molecule has 0 heterocycles. The number of carbonyl (C=O) groups is 2. The zero-order chi connectivity index (χ0) is 20.6. The number of rotatable bonds is 9. The number of carbonyl (C=O) groups excluding carboxylic acids is 1. The second-order valence-electron chi connectivity index (χ2n) is 9.01. The van der Waals surface area contributed by atoms with E-state index in [2.05, 4.69) is 26.1 Å². The molecule has 0 rings (SSSR count). The van der Waals surface area contributed by atoms with Crippen molar-refractivity contribution in [3.63, 3.8) is 0 Å². The van der Waals surface area contributed by atoms with Gasteiger partial charge in [-0.2, -0.15) is 0 Å². The maximum Gasteiger partial charge on any atom is 0.407 e. The fraction of sp³-hybridized carbons (Fsp3) is 0.789. The summed E-state index contributed by atoms with van der Waals surface area (Å²) >= 11 is 0. The van der Waals surface area contributed by atoms with Crippen LogP contribution in [0.25, 0.3) is 0 Å². The largest absolute Gasteiger partial charge is 0.539 e. The van der Waals surface area contributed by atoms with Crippen LogP contribution >= 0.6 is 0 Å². The van der Waals surface area contributed by atoms with Crippen LogP contribution in [0.5, 0.6) is 0 Å². The van der Waals surface area contributed by atoms with E-state index in [0.717, 1.165) is 19.3 Å². The molecule has 0 aromatic heterocycles. The van der Waals surface area contributed by atoms with Gasteiger partial charge in [-0.25, -0.2) is 9.59 Å². The number of unbranched alkanes of at least 4 members (excludes halogenated alkanes) is 3. The summed E-state index contributed by atoms with van der Waals surface area (Å²) in [4.78, 5) is 22.9. The molecule has 7 heteroatoms. The number of hydrogen-bond acceptors (Lipinski definition) is 4. The highest BCUT2D eigenvalue weighted by atomic mass is 28.4. The van der Waals surface area contributed by atoms with E-state index in [1.165, 1.54) is 0 Å². The topological polar surface area (TPSA) is 84.9 Å². The maximum atomic E-state index is 11.5. The number of allylic oxidation sites excluding steroid dienone is 1. The van der Waals surface area contributed by atoms with Gasteiger partial charge in [0.05, 0.1) is 0 Å². The summed E-state index contributed by atoms with van der Waals surface area (Å²) in [5, 5.41) is 12.0. The number of amides is 1. The van der Waals surface area contributed by atoms with Crippen LogP contribution in [0.3, 0.4) is 0 Å². The van der Waals surface area contributed by atoms with E-state index in [4.69, 9.17) is 9.16 Å². The third-order valence-electron chi connectivity index (χ3n) is 4.26. The minimum absolute atomic E-state index is 0.0468. The van der Waals surface area contributed by atoms with Gasteiger partial charge in [0.2, 0.25) is 0 Å². The summed E-state index contributed by atoms with van der Waals surface area (Å²) in [7, 11) is -2.15. The van der Waals surface area contributed by atoms with E-state index in [1.807, 2.05) is 33.9 Å². The van der Waals surface area contributed by atoms with E-state index < -0.39 is 26.0 Å². The molecule has 0 aliphatic carbocycles. The third kappa shape index (κ3) is 10.5. The SMILES string of the molecule is CC(C)(C)OC(=O)NCCCCC/C=C(/O[Si](C)(C)C(C)(C)C)C(=O)O. The van der Waals surface area contributed by atoms with Gasteiger partial charge in [0.15, 0.2) is 5.76 Å². The van der Waals surface area contributed by atoms with Gasteiger partial charge in [-0.1, -0.05) is 27.2 Å². The predicted octanol–water partition coefficient (Wildman–Crippen LogP) is 5.06. The maximum absolute atomic E-state index is 11.5. The molecule has 0 atom stereocenters. The average molecular weight is 388 g/mol. The number of ether oxygens (including phenoxy) is 1. The molecule has 0 unspecified atom stereocenters. The molecule has 0 bridgehead atoms. The van der Waals surface area contributed by atoms with Gasteiger partial charge in [0.25, 0.3) is 8.32 Å². The Hall–Kier alpha value is -1.50. The van der Waals surface area contributed by atoms with Gasteiger partial charge in [-0.05, 0) is 64.2 Å². The fourth-order valence-corrected chi connectivity index (χ4v) is 2.81. The first kappa shape index (κ1) is 24.5. The van der Waals surface area contributed by atoms with E-state index >= 15 is 0 Å². The zero-order valence-corrected chi connectivity index (χ0v) is 18.7. The van der Waals surface area contributed by atoms with E-state index in [-0.39, 0.29) is 10.8 Å². The Morgan fingerprint density at radius 1 is 1.04 bits per heavy atom. The standard InChI is InChI=1S/C19H37NO5Si/c1-18(2,3)24-17(23)20-14-12-10-9-11-13-15(16(21)22)25-26(7,8)19(4,5)6/h13H,9-12,14H2,1-8H3,(H,20,23)(H,21,22)/b15-13+. The molecule has 0 radical (unpaired) electrons. The Morgan fingerprint density at radius 2 is 1.62 bits per heavy atom. The molecule has 0 saturated carbocycles.